The first-order chi connectivity index (χ1) is 9.96. The summed E-state index contributed by atoms with van der Waals surface area (Å²) in [5.41, 5.74) is 1.02. The van der Waals surface area contributed by atoms with E-state index in [1.54, 1.807) is 0 Å². The molecule has 0 aromatic carbocycles. The van der Waals surface area contributed by atoms with E-state index in [4.69, 9.17) is 0 Å². The third kappa shape index (κ3) is 6.40. The Morgan fingerprint density at radius 1 is 1.24 bits per heavy atom. The minimum Gasteiger partial charge on any atom is -0.370 e. The summed E-state index contributed by atoms with van der Waals surface area (Å²) in [7, 11) is 4.22. The van der Waals surface area contributed by atoms with Crippen LogP contribution in [0.15, 0.2) is 6.07 Å². The summed E-state index contributed by atoms with van der Waals surface area (Å²) in [5, 5.41) is 3.35. The average molecular weight is 293 g/mol. The van der Waals surface area contributed by atoms with Crippen LogP contribution in [-0.4, -0.2) is 59.5 Å². The Morgan fingerprint density at radius 3 is 2.52 bits per heavy atom. The molecule has 1 heterocycles. The number of rotatable bonds is 9. The highest BCUT2D eigenvalue weighted by Crippen LogP contribution is 2.10. The SMILES string of the molecule is CCCNc1cc(C)nc(CN(CC)C(C)CN(C)C)n1. The number of aryl methyl sites for hydroxylation is 1. The maximum Gasteiger partial charge on any atom is 0.144 e. The van der Waals surface area contributed by atoms with Crippen LogP contribution in [0.3, 0.4) is 0 Å². The van der Waals surface area contributed by atoms with Crippen molar-refractivity contribution in [1.82, 2.24) is 19.8 Å². The Hall–Kier alpha value is -1.20. The molecule has 0 saturated carbocycles. The summed E-state index contributed by atoms with van der Waals surface area (Å²) in [6.45, 7) is 12.4. The van der Waals surface area contributed by atoms with Gasteiger partial charge in [0.05, 0.1) is 6.54 Å². The van der Waals surface area contributed by atoms with Crippen molar-refractivity contribution >= 4 is 5.82 Å². The molecule has 120 valence electrons. The molecular weight excluding hydrogens is 262 g/mol. The molecule has 0 aliphatic carbocycles. The van der Waals surface area contributed by atoms with Crippen molar-refractivity contribution < 1.29 is 0 Å². The van der Waals surface area contributed by atoms with E-state index in [1.165, 1.54) is 0 Å². The van der Waals surface area contributed by atoms with Crippen molar-refractivity contribution in [2.45, 2.75) is 46.7 Å². The second-order valence-corrected chi connectivity index (χ2v) is 5.91. The molecule has 0 amide bonds. The Balaban J connectivity index is 2.76. The minimum absolute atomic E-state index is 0.487. The highest BCUT2D eigenvalue weighted by atomic mass is 15.2. The Morgan fingerprint density at radius 2 is 1.95 bits per heavy atom. The van der Waals surface area contributed by atoms with E-state index < -0.39 is 0 Å². The normalized spacial score (nSPS) is 13.0. The zero-order valence-electron chi connectivity index (χ0n) is 14.5. The fraction of sp³-hybridized carbons (Fsp3) is 0.750. The Labute approximate surface area is 129 Å². The van der Waals surface area contributed by atoms with Crippen LogP contribution in [0.2, 0.25) is 0 Å². The number of hydrogen-bond acceptors (Lipinski definition) is 5. The third-order valence-electron chi connectivity index (χ3n) is 3.46. The molecule has 5 nitrogen and oxygen atoms in total. The van der Waals surface area contributed by atoms with Gasteiger partial charge in [-0.1, -0.05) is 13.8 Å². The highest BCUT2D eigenvalue weighted by molar-refractivity contribution is 5.35. The van der Waals surface area contributed by atoms with Crippen molar-refractivity contribution in [2.75, 3.05) is 39.0 Å². The van der Waals surface area contributed by atoms with Gasteiger partial charge in [0.2, 0.25) is 0 Å². The maximum absolute atomic E-state index is 4.64. The molecule has 1 rings (SSSR count). The van der Waals surface area contributed by atoms with Crippen molar-refractivity contribution in [3.8, 4) is 0 Å². The molecule has 1 atom stereocenters. The van der Waals surface area contributed by atoms with Crippen LogP contribution in [0.25, 0.3) is 0 Å². The average Bonchev–Trinajstić information content (AvgIpc) is 2.41. The molecule has 21 heavy (non-hydrogen) atoms. The maximum atomic E-state index is 4.64. The Bertz CT molecular complexity index is 419. The number of likely N-dealkylation sites (N-methyl/N-ethyl adjacent to an activating group) is 2. The van der Waals surface area contributed by atoms with Crippen LogP contribution < -0.4 is 5.32 Å². The summed E-state index contributed by atoms with van der Waals surface area (Å²) in [5.74, 6) is 1.84. The van der Waals surface area contributed by atoms with Crippen LogP contribution in [0.4, 0.5) is 5.82 Å². The predicted molar refractivity (Wildman–Crippen MR) is 89.6 cm³/mol. The van der Waals surface area contributed by atoms with Crippen LogP contribution in [0.5, 0.6) is 0 Å². The predicted octanol–water partition coefficient (Wildman–Crippen LogP) is 2.38. The summed E-state index contributed by atoms with van der Waals surface area (Å²) >= 11 is 0. The van der Waals surface area contributed by atoms with Gasteiger partial charge in [0, 0.05) is 30.9 Å². The minimum atomic E-state index is 0.487. The molecule has 0 bridgehead atoms. The lowest BCUT2D eigenvalue weighted by Gasteiger charge is -2.29. The van der Waals surface area contributed by atoms with E-state index in [9.17, 15) is 0 Å². The van der Waals surface area contributed by atoms with Gasteiger partial charge in [-0.05, 0) is 40.9 Å². The molecule has 1 aromatic heterocycles. The molecule has 0 aliphatic heterocycles. The quantitative estimate of drug-likeness (QED) is 0.757. The fourth-order valence-electron chi connectivity index (χ4n) is 2.45. The third-order valence-corrected chi connectivity index (χ3v) is 3.46. The van der Waals surface area contributed by atoms with Gasteiger partial charge >= 0.3 is 0 Å². The van der Waals surface area contributed by atoms with Crippen LogP contribution in [0.1, 0.15) is 38.7 Å². The molecule has 0 radical (unpaired) electrons. The first kappa shape index (κ1) is 17.9. The van der Waals surface area contributed by atoms with Crippen molar-refractivity contribution in [2.24, 2.45) is 0 Å². The molecule has 1 N–H and O–H groups in total. The van der Waals surface area contributed by atoms with Gasteiger partial charge in [-0.25, -0.2) is 9.97 Å². The zero-order chi connectivity index (χ0) is 15.8. The highest BCUT2D eigenvalue weighted by Gasteiger charge is 2.15. The van der Waals surface area contributed by atoms with E-state index in [2.05, 4.69) is 60.0 Å². The largest absolute Gasteiger partial charge is 0.370 e. The van der Waals surface area contributed by atoms with Gasteiger partial charge < -0.3 is 10.2 Å². The van der Waals surface area contributed by atoms with E-state index >= 15 is 0 Å². The molecule has 1 unspecified atom stereocenters. The van der Waals surface area contributed by atoms with E-state index in [1.807, 2.05) is 13.0 Å². The van der Waals surface area contributed by atoms with Gasteiger partial charge in [0.25, 0.3) is 0 Å². The lowest BCUT2D eigenvalue weighted by Crippen LogP contribution is -2.39. The molecule has 0 spiro atoms. The van der Waals surface area contributed by atoms with E-state index in [0.29, 0.717) is 6.04 Å². The molecule has 0 aliphatic rings. The van der Waals surface area contributed by atoms with Crippen molar-refractivity contribution in [1.29, 1.82) is 0 Å². The van der Waals surface area contributed by atoms with E-state index in [-0.39, 0.29) is 0 Å². The fourth-order valence-corrected chi connectivity index (χ4v) is 2.45. The lowest BCUT2D eigenvalue weighted by molar-refractivity contribution is 0.170. The second-order valence-electron chi connectivity index (χ2n) is 5.91. The number of aromatic nitrogens is 2. The van der Waals surface area contributed by atoms with Gasteiger partial charge in [0.1, 0.15) is 11.6 Å². The zero-order valence-corrected chi connectivity index (χ0v) is 14.5. The summed E-state index contributed by atoms with van der Waals surface area (Å²) < 4.78 is 0. The van der Waals surface area contributed by atoms with E-state index in [0.717, 1.165) is 49.9 Å². The molecule has 0 fully saturated rings. The van der Waals surface area contributed by atoms with Crippen molar-refractivity contribution in [3.05, 3.63) is 17.6 Å². The van der Waals surface area contributed by atoms with Gasteiger partial charge in [-0.2, -0.15) is 0 Å². The van der Waals surface area contributed by atoms with Gasteiger partial charge in [0.15, 0.2) is 0 Å². The lowest BCUT2D eigenvalue weighted by atomic mass is 10.2. The number of hydrogen-bond donors (Lipinski definition) is 1. The second kappa shape index (κ2) is 8.95. The molecule has 0 saturated heterocycles. The summed E-state index contributed by atoms with van der Waals surface area (Å²) in [4.78, 5) is 13.9. The standard InChI is InChI=1S/C16H31N5/c1-7-9-17-15-10-13(3)18-16(19-15)12-21(8-2)14(4)11-20(5)6/h10,14H,7-9,11-12H2,1-6H3,(H,17,18,19). The monoisotopic (exact) mass is 293 g/mol. The van der Waals surface area contributed by atoms with Gasteiger partial charge in [-0.15, -0.1) is 0 Å². The van der Waals surface area contributed by atoms with Crippen molar-refractivity contribution in [3.63, 3.8) is 0 Å². The topological polar surface area (TPSA) is 44.3 Å². The first-order valence-electron chi connectivity index (χ1n) is 7.93. The summed E-state index contributed by atoms with van der Waals surface area (Å²) in [6.07, 6.45) is 1.10. The molecule has 5 heteroatoms. The molecular formula is C16H31N5. The Kier molecular flexibility index (Phi) is 7.61. The van der Waals surface area contributed by atoms with Crippen LogP contribution in [-0.2, 0) is 6.54 Å². The van der Waals surface area contributed by atoms with Crippen LogP contribution in [0, 0.1) is 6.92 Å². The number of anilines is 1. The first-order valence-corrected chi connectivity index (χ1v) is 7.93. The molecule has 1 aromatic rings. The number of nitrogens with one attached hydrogen (secondary N) is 1. The smallest absolute Gasteiger partial charge is 0.144 e. The van der Waals surface area contributed by atoms with Crippen LogP contribution >= 0.6 is 0 Å². The summed E-state index contributed by atoms with van der Waals surface area (Å²) in [6, 6.07) is 2.50. The number of nitrogens with zero attached hydrogens (tertiary/aromatic N) is 4. The van der Waals surface area contributed by atoms with Gasteiger partial charge in [-0.3, -0.25) is 4.90 Å².